The molecule has 0 unspecified atom stereocenters. The standard InChI is InChI=1S/C15H10ClNO2S2/c16-10-3-1-9(2-4-10)15-17-12(8-20-15)13-6-5-11(21-13)7-14(18)19/h1-6,8H,7H2,(H,18,19). The van der Waals surface area contributed by atoms with Crippen molar-refractivity contribution in [2.45, 2.75) is 6.42 Å². The van der Waals surface area contributed by atoms with Crippen LogP contribution in [0.4, 0.5) is 0 Å². The first-order valence-corrected chi connectivity index (χ1v) is 8.21. The maximum Gasteiger partial charge on any atom is 0.308 e. The predicted octanol–water partition coefficient (Wildman–Crippen LogP) is 4.82. The van der Waals surface area contributed by atoms with Gasteiger partial charge in [-0.3, -0.25) is 4.79 Å². The SMILES string of the molecule is O=C(O)Cc1ccc(-c2csc(-c3ccc(Cl)cc3)n2)s1. The van der Waals surface area contributed by atoms with Crippen molar-refractivity contribution in [3.63, 3.8) is 0 Å². The summed E-state index contributed by atoms with van der Waals surface area (Å²) in [5.41, 5.74) is 1.91. The average molecular weight is 336 g/mol. The van der Waals surface area contributed by atoms with Crippen molar-refractivity contribution in [3.8, 4) is 21.1 Å². The number of halogens is 1. The van der Waals surface area contributed by atoms with E-state index in [1.54, 1.807) is 11.3 Å². The molecule has 0 atom stereocenters. The molecule has 0 saturated carbocycles. The molecule has 2 aromatic heterocycles. The van der Waals surface area contributed by atoms with Crippen molar-refractivity contribution < 1.29 is 9.90 Å². The molecule has 0 aliphatic carbocycles. The number of rotatable bonds is 4. The largest absolute Gasteiger partial charge is 0.481 e. The van der Waals surface area contributed by atoms with Crippen LogP contribution in [0.3, 0.4) is 0 Å². The van der Waals surface area contributed by atoms with E-state index >= 15 is 0 Å². The van der Waals surface area contributed by atoms with Gasteiger partial charge < -0.3 is 5.11 Å². The predicted molar refractivity (Wildman–Crippen MR) is 87.2 cm³/mol. The van der Waals surface area contributed by atoms with Gasteiger partial charge in [0.05, 0.1) is 17.0 Å². The highest BCUT2D eigenvalue weighted by Crippen LogP contribution is 2.33. The Kier molecular flexibility index (Phi) is 4.05. The minimum Gasteiger partial charge on any atom is -0.481 e. The van der Waals surface area contributed by atoms with E-state index in [4.69, 9.17) is 16.7 Å². The zero-order valence-corrected chi connectivity index (χ0v) is 13.1. The van der Waals surface area contributed by atoms with Gasteiger partial charge in [-0.1, -0.05) is 23.7 Å². The highest BCUT2D eigenvalue weighted by Gasteiger charge is 2.10. The molecule has 0 saturated heterocycles. The van der Waals surface area contributed by atoms with E-state index < -0.39 is 5.97 Å². The zero-order chi connectivity index (χ0) is 14.8. The topological polar surface area (TPSA) is 50.2 Å². The molecule has 2 heterocycles. The molecule has 3 rings (SSSR count). The quantitative estimate of drug-likeness (QED) is 0.743. The Labute approximate surface area is 134 Å². The molecule has 0 aliphatic rings. The summed E-state index contributed by atoms with van der Waals surface area (Å²) in [6.07, 6.45) is 0.0544. The van der Waals surface area contributed by atoms with Crippen LogP contribution in [-0.4, -0.2) is 16.1 Å². The van der Waals surface area contributed by atoms with Gasteiger partial charge in [0, 0.05) is 20.8 Å². The Bertz CT molecular complexity index is 777. The first-order chi connectivity index (χ1) is 10.1. The lowest BCUT2D eigenvalue weighted by Gasteiger charge is -1.95. The van der Waals surface area contributed by atoms with Gasteiger partial charge in [0.2, 0.25) is 0 Å². The van der Waals surface area contributed by atoms with E-state index in [9.17, 15) is 4.79 Å². The van der Waals surface area contributed by atoms with Crippen LogP contribution in [0, 0.1) is 0 Å². The minimum atomic E-state index is -0.816. The molecule has 0 bridgehead atoms. The van der Waals surface area contributed by atoms with Gasteiger partial charge in [0.1, 0.15) is 5.01 Å². The molecule has 0 fully saturated rings. The van der Waals surface area contributed by atoms with Crippen LogP contribution in [0.15, 0.2) is 41.8 Å². The summed E-state index contributed by atoms with van der Waals surface area (Å²) in [7, 11) is 0. The van der Waals surface area contributed by atoms with Gasteiger partial charge in [-0.15, -0.1) is 22.7 Å². The highest BCUT2D eigenvalue weighted by atomic mass is 35.5. The third kappa shape index (κ3) is 3.32. The van der Waals surface area contributed by atoms with Gasteiger partial charge in [-0.25, -0.2) is 4.98 Å². The van der Waals surface area contributed by atoms with E-state index in [-0.39, 0.29) is 6.42 Å². The van der Waals surface area contributed by atoms with E-state index in [0.29, 0.717) is 5.02 Å². The Balaban J connectivity index is 1.86. The lowest BCUT2D eigenvalue weighted by molar-refractivity contribution is -0.136. The van der Waals surface area contributed by atoms with Crippen molar-refractivity contribution in [2.24, 2.45) is 0 Å². The van der Waals surface area contributed by atoms with Gasteiger partial charge in [-0.2, -0.15) is 0 Å². The summed E-state index contributed by atoms with van der Waals surface area (Å²) in [5.74, 6) is -0.816. The fraction of sp³-hybridized carbons (Fsp3) is 0.0667. The average Bonchev–Trinajstić information content (AvgIpc) is 3.07. The van der Waals surface area contributed by atoms with Crippen LogP contribution in [0.2, 0.25) is 5.02 Å². The van der Waals surface area contributed by atoms with Crippen LogP contribution >= 0.6 is 34.3 Å². The van der Waals surface area contributed by atoms with E-state index in [2.05, 4.69) is 4.98 Å². The Morgan fingerprint density at radius 2 is 1.95 bits per heavy atom. The smallest absolute Gasteiger partial charge is 0.308 e. The van der Waals surface area contributed by atoms with Gasteiger partial charge in [0.25, 0.3) is 0 Å². The molecule has 21 heavy (non-hydrogen) atoms. The van der Waals surface area contributed by atoms with Crippen LogP contribution < -0.4 is 0 Å². The second-order valence-corrected chi connectivity index (χ2v) is 6.84. The number of benzene rings is 1. The van der Waals surface area contributed by atoms with Crippen molar-refractivity contribution in [1.82, 2.24) is 4.98 Å². The third-order valence-electron chi connectivity index (χ3n) is 2.83. The van der Waals surface area contributed by atoms with Crippen molar-refractivity contribution in [3.05, 3.63) is 51.7 Å². The summed E-state index contributed by atoms with van der Waals surface area (Å²) in [6.45, 7) is 0. The Morgan fingerprint density at radius 3 is 2.67 bits per heavy atom. The van der Waals surface area contributed by atoms with E-state index in [1.165, 1.54) is 11.3 Å². The lowest BCUT2D eigenvalue weighted by atomic mass is 10.2. The summed E-state index contributed by atoms with van der Waals surface area (Å²) >= 11 is 8.91. The highest BCUT2D eigenvalue weighted by molar-refractivity contribution is 7.16. The molecule has 0 spiro atoms. The number of thiophene rings is 1. The Morgan fingerprint density at radius 1 is 1.19 bits per heavy atom. The summed E-state index contributed by atoms with van der Waals surface area (Å²) in [4.78, 5) is 17.1. The van der Waals surface area contributed by atoms with Gasteiger partial charge in [0.15, 0.2) is 0 Å². The number of carbonyl (C=O) groups is 1. The molecular weight excluding hydrogens is 326 g/mol. The Hall–Kier alpha value is -1.69. The van der Waals surface area contributed by atoms with Gasteiger partial charge >= 0.3 is 5.97 Å². The van der Waals surface area contributed by atoms with Crippen molar-refractivity contribution in [1.29, 1.82) is 0 Å². The van der Waals surface area contributed by atoms with Crippen LogP contribution in [-0.2, 0) is 11.2 Å². The number of hydrogen-bond donors (Lipinski definition) is 1. The second kappa shape index (κ2) is 5.97. The van der Waals surface area contributed by atoms with Crippen LogP contribution in [0.25, 0.3) is 21.1 Å². The maximum absolute atomic E-state index is 10.7. The number of carboxylic acid groups (broad SMARTS) is 1. The van der Waals surface area contributed by atoms with E-state index in [0.717, 1.165) is 26.0 Å². The summed E-state index contributed by atoms with van der Waals surface area (Å²) in [6, 6.07) is 11.3. The zero-order valence-electron chi connectivity index (χ0n) is 10.7. The number of thiazole rings is 1. The number of hydrogen-bond acceptors (Lipinski definition) is 4. The molecule has 0 amide bonds. The van der Waals surface area contributed by atoms with Crippen LogP contribution in [0.5, 0.6) is 0 Å². The molecule has 106 valence electrons. The maximum atomic E-state index is 10.7. The number of aliphatic carboxylic acids is 1. The lowest BCUT2D eigenvalue weighted by Crippen LogP contribution is -1.96. The van der Waals surface area contributed by atoms with Crippen molar-refractivity contribution in [2.75, 3.05) is 0 Å². The van der Waals surface area contributed by atoms with Crippen LogP contribution in [0.1, 0.15) is 4.88 Å². The minimum absolute atomic E-state index is 0.0544. The van der Waals surface area contributed by atoms with Gasteiger partial charge in [-0.05, 0) is 24.3 Å². The summed E-state index contributed by atoms with van der Waals surface area (Å²) in [5, 5.41) is 12.4. The first-order valence-electron chi connectivity index (χ1n) is 6.14. The first kappa shape index (κ1) is 14.3. The number of carboxylic acids is 1. The van der Waals surface area contributed by atoms with Crippen molar-refractivity contribution >= 4 is 40.2 Å². The molecule has 6 heteroatoms. The second-order valence-electron chi connectivity index (χ2n) is 4.38. The fourth-order valence-electron chi connectivity index (χ4n) is 1.87. The molecule has 1 N–H and O–H groups in total. The third-order valence-corrected chi connectivity index (χ3v) is 5.09. The molecule has 0 radical (unpaired) electrons. The molecular formula is C15H10ClNO2S2. The number of nitrogens with zero attached hydrogens (tertiary/aromatic N) is 1. The number of aromatic nitrogens is 1. The molecule has 3 aromatic rings. The molecule has 0 aliphatic heterocycles. The van der Waals surface area contributed by atoms with E-state index in [1.807, 2.05) is 41.8 Å². The molecule has 3 nitrogen and oxygen atoms in total. The monoisotopic (exact) mass is 335 g/mol. The molecule has 1 aromatic carbocycles. The normalized spacial score (nSPS) is 10.7. The fourth-order valence-corrected chi connectivity index (χ4v) is 3.86. The summed E-state index contributed by atoms with van der Waals surface area (Å²) < 4.78 is 0.